The second kappa shape index (κ2) is 6.89. The summed E-state index contributed by atoms with van der Waals surface area (Å²) in [5.41, 5.74) is -2.16. The lowest BCUT2D eigenvalue weighted by Crippen LogP contribution is -2.47. The van der Waals surface area contributed by atoms with E-state index >= 15 is 0 Å². The summed E-state index contributed by atoms with van der Waals surface area (Å²) in [4.78, 5) is 28.7. The van der Waals surface area contributed by atoms with Crippen molar-refractivity contribution in [3.8, 4) is 5.88 Å². The van der Waals surface area contributed by atoms with Crippen molar-refractivity contribution in [1.82, 2.24) is 9.88 Å². The molecule has 25 heavy (non-hydrogen) atoms. The molecule has 1 aromatic rings. The van der Waals surface area contributed by atoms with Gasteiger partial charge in [-0.1, -0.05) is 0 Å². The lowest BCUT2D eigenvalue weighted by molar-refractivity contribution is -0.168. The summed E-state index contributed by atoms with van der Waals surface area (Å²) in [6, 6.07) is 1.69. The molecule has 1 aliphatic heterocycles. The summed E-state index contributed by atoms with van der Waals surface area (Å²) >= 11 is 0. The van der Waals surface area contributed by atoms with Crippen LogP contribution in [0.1, 0.15) is 32.8 Å². The van der Waals surface area contributed by atoms with Crippen LogP contribution in [0, 0.1) is 0 Å². The number of halogens is 3. The number of nitrogens with zero attached hydrogens (tertiary/aromatic N) is 2. The standard InChI is InChI=1S/C16H19F3N2O4/c1-10(22)25-15(2,3)14(23)21-7-5-12(9-21)24-13-8-11(4-6-20-13)16(17,18)19/h4,6,8,12H,5,7,9H2,1-3H3. The fraction of sp³-hybridized carbons (Fsp3) is 0.562. The maximum absolute atomic E-state index is 12.7. The Labute approximate surface area is 142 Å². The van der Waals surface area contributed by atoms with Gasteiger partial charge in [0.25, 0.3) is 5.91 Å². The average Bonchev–Trinajstić information content (AvgIpc) is 2.93. The van der Waals surface area contributed by atoms with Crippen LogP contribution in [0.4, 0.5) is 13.2 Å². The topological polar surface area (TPSA) is 68.7 Å². The minimum Gasteiger partial charge on any atom is -0.472 e. The molecule has 1 aromatic heterocycles. The molecule has 0 spiro atoms. The van der Waals surface area contributed by atoms with Crippen LogP contribution in [0.3, 0.4) is 0 Å². The molecule has 0 bridgehead atoms. The Morgan fingerprint density at radius 1 is 1.32 bits per heavy atom. The third kappa shape index (κ3) is 4.83. The van der Waals surface area contributed by atoms with Crippen molar-refractivity contribution >= 4 is 11.9 Å². The van der Waals surface area contributed by atoms with Gasteiger partial charge >= 0.3 is 12.1 Å². The maximum Gasteiger partial charge on any atom is 0.416 e. The number of pyridine rings is 1. The van der Waals surface area contributed by atoms with Gasteiger partial charge in [0.05, 0.1) is 12.1 Å². The van der Waals surface area contributed by atoms with E-state index in [2.05, 4.69) is 4.98 Å². The first-order valence-electron chi connectivity index (χ1n) is 7.68. The van der Waals surface area contributed by atoms with Crippen LogP contribution in [0.15, 0.2) is 18.3 Å². The van der Waals surface area contributed by atoms with Crippen molar-refractivity contribution < 1.29 is 32.2 Å². The minimum atomic E-state index is -4.48. The number of carbonyl (C=O) groups is 2. The number of rotatable bonds is 4. The van der Waals surface area contributed by atoms with E-state index in [1.54, 1.807) is 0 Å². The zero-order chi connectivity index (χ0) is 18.8. The molecule has 6 nitrogen and oxygen atoms in total. The van der Waals surface area contributed by atoms with E-state index in [0.717, 1.165) is 18.3 Å². The highest BCUT2D eigenvalue weighted by atomic mass is 19.4. The quantitative estimate of drug-likeness (QED) is 0.772. The van der Waals surface area contributed by atoms with E-state index in [0.29, 0.717) is 13.0 Å². The number of amides is 1. The van der Waals surface area contributed by atoms with Crippen molar-refractivity contribution in [2.24, 2.45) is 0 Å². The SMILES string of the molecule is CC(=O)OC(C)(C)C(=O)N1CCC(Oc2cc(C(F)(F)F)ccn2)C1. The molecule has 9 heteroatoms. The molecule has 1 saturated heterocycles. The Kier molecular flexibility index (Phi) is 5.24. The van der Waals surface area contributed by atoms with Crippen molar-refractivity contribution in [3.05, 3.63) is 23.9 Å². The highest BCUT2D eigenvalue weighted by Gasteiger charge is 2.39. The molecule has 0 aromatic carbocycles. The van der Waals surface area contributed by atoms with Crippen molar-refractivity contribution in [2.45, 2.75) is 45.1 Å². The highest BCUT2D eigenvalue weighted by molar-refractivity contribution is 5.87. The Morgan fingerprint density at radius 3 is 2.60 bits per heavy atom. The van der Waals surface area contributed by atoms with Crippen molar-refractivity contribution in [3.63, 3.8) is 0 Å². The van der Waals surface area contributed by atoms with Gasteiger partial charge in [0.15, 0.2) is 5.60 Å². The third-order valence-electron chi connectivity index (χ3n) is 3.70. The zero-order valence-electron chi connectivity index (χ0n) is 14.1. The Bertz CT molecular complexity index is 661. The molecule has 1 aliphatic rings. The van der Waals surface area contributed by atoms with Gasteiger partial charge in [0.2, 0.25) is 5.88 Å². The zero-order valence-corrected chi connectivity index (χ0v) is 14.1. The van der Waals surface area contributed by atoms with Gasteiger partial charge in [0, 0.05) is 32.2 Å². The third-order valence-corrected chi connectivity index (χ3v) is 3.70. The lowest BCUT2D eigenvalue weighted by Gasteiger charge is -2.28. The second-order valence-electron chi connectivity index (χ2n) is 6.26. The van der Waals surface area contributed by atoms with E-state index < -0.39 is 29.4 Å². The number of aromatic nitrogens is 1. The van der Waals surface area contributed by atoms with Crippen LogP contribution in [-0.4, -0.2) is 46.6 Å². The van der Waals surface area contributed by atoms with Gasteiger partial charge in [-0.2, -0.15) is 13.2 Å². The Hall–Kier alpha value is -2.32. The monoisotopic (exact) mass is 360 g/mol. The van der Waals surface area contributed by atoms with Gasteiger partial charge in [-0.15, -0.1) is 0 Å². The molecular formula is C16H19F3N2O4. The number of hydrogen-bond acceptors (Lipinski definition) is 5. The van der Waals surface area contributed by atoms with Crippen molar-refractivity contribution in [2.75, 3.05) is 13.1 Å². The molecule has 0 N–H and O–H groups in total. The molecule has 0 aliphatic carbocycles. The summed E-state index contributed by atoms with van der Waals surface area (Å²) in [7, 11) is 0. The summed E-state index contributed by atoms with van der Waals surface area (Å²) in [5.74, 6) is -1.10. The number of esters is 1. The highest BCUT2D eigenvalue weighted by Crippen LogP contribution is 2.31. The summed E-state index contributed by atoms with van der Waals surface area (Å²) in [6.07, 6.45) is -3.49. The fourth-order valence-corrected chi connectivity index (χ4v) is 2.61. The number of alkyl halides is 3. The predicted molar refractivity (Wildman–Crippen MR) is 80.7 cm³/mol. The minimum absolute atomic E-state index is 0.145. The Morgan fingerprint density at radius 2 is 2.00 bits per heavy atom. The van der Waals surface area contributed by atoms with Crippen LogP contribution in [0.25, 0.3) is 0 Å². The van der Waals surface area contributed by atoms with Crippen LogP contribution >= 0.6 is 0 Å². The van der Waals surface area contributed by atoms with Gasteiger partial charge < -0.3 is 14.4 Å². The van der Waals surface area contributed by atoms with E-state index in [1.807, 2.05) is 0 Å². The second-order valence-corrected chi connectivity index (χ2v) is 6.26. The van der Waals surface area contributed by atoms with E-state index in [-0.39, 0.29) is 18.3 Å². The van der Waals surface area contributed by atoms with Crippen LogP contribution < -0.4 is 4.74 Å². The normalized spacial score (nSPS) is 18.2. The van der Waals surface area contributed by atoms with E-state index in [4.69, 9.17) is 9.47 Å². The molecular weight excluding hydrogens is 341 g/mol. The van der Waals surface area contributed by atoms with Crippen LogP contribution in [0.5, 0.6) is 5.88 Å². The summed E-state index contributed by atoms with van der Waals surface area (Å²) in [5, 5.41) is 0. The molecule has 1 atom stereocenters. The predicted octanol–water partition coefficient (Wildman–Crippen LogP) is 2.42. The molecule has 0 radical (unpaired) electrons. The Balaban J connectivity index is 1.99. The molecule has 0 saturated carbocycles. The first-order valence-corrected chi connectivity index (χ1v) is 7.68. The average molecular weight is 360 g/mol. The van der Waals surface area contributed by atoms with Gasteiger partial charge in [-0.25, -0.2) is 4.98 Å². The van der Waals surface area contributed by atoms with E-state index in [9.17, 15) is 22.8 Å². The largest absolute Gasteiger partial charge is 0.472 e. The van der Waals surface area contributed by atoms with Crippen LogP contribution in [0.2, 0.25) is 0 Å². The summed E-state index contributed by atoms with van der Waals surface area (Å²) in [6.45, 7) is 4.72. The maximum atomic E-state index is 12.7. The molecule has 138 valence electrons. The number of likely N-dealkylation sites (tertiary alicyclic amines) is 1. The van der Waals surface area contributed by atoms with Gasteiger partial charge in [-0.3, -0.25) is 9.59 Å². The smallest absolute Gasteiger partial charge is 0.416 e. The fourth-order valence-electron chi connectivity index (χ4n) is 2.61. The first kappa shape index (κ1) is 19.0. The molecule has 1 unspecified atom stereocenters. The number of carbonyl (C=O) groups excluding carboxylic acids is 2. The van der Waals surface area contributed by atoms with Crippen molar-refractivity contribution in [1.29, 1.82) is 0 Å². The lowest BCUT2D eigenvalue weighted by atomic mass is 10.1. The number of ether oxygens (including phenoxy) is 2. The van der Waals surface area contributed by atoms with Gasteiger partial charge in [-0.05, 0) is 19.9 Å². The molecule has 1 fully saturated rings. The first-order chi connectivity index (χ1) is 11.5. The van der Waals surface area contributed by atoms with Gasteiger partial charge in [0.1, 0.15) is 6.10 Å². The molecule has 1 amide bonds. The van der Waals surface area contributed by atoms with Crippen LogP contribution in [-0.2, 0) is 20.5 Å². The van der Waals surface area contributed by atoms with E-state index in [1.165, 1.54) is 25.7 Å². The summed E-state index contributed by atoms with van der Waals surface area (Å²) < 4.78 is 48.6. The number of hydrogen-bond donors (Lipinski definition) is 0. The molecule has 2 rings (SSSR count). The molecule has 2 heterocycles.